The molecule has 1 aliphatic heterocycles. The van der Waals surface area contributed by atoms with E-state index < -0.39 is 15.9 Å². The van der Waals surface area contributed by atoms with Crippen LogP contribution < -0.4 is 9.47 Å². The van der Waals surface area contributed by atoms with Crippen LogP contribution in [0.15, 0.2) is 47.4 Å². The molecule has 0 saturated heterocycles. The second kappa shape index (κ2) is 5.58. The molecule has 23 heavy (non-hydrogen) atoms. The molecule has 0 radical (unpaired) electrons. The third-order valence-electron chi connectivity index (χ3n) is 3.68. The molecule has 120 valence electrons. The topological polar surface area (TPSA) is 72.9 Å². The molecule has 0 aliphatic carbocycles. The van der Waals surface area contributed by atoms with Crippen molar-refractivity contribution < 1.29 is 22.7 Å². The number of amides is 1. The van der Waals surface area contributed by atoms with Crippen LogP contribution in [0, 0.1) is 0 Å². The van der Waals surface area contributed by atoms with E-state index in [9.17, 15) is 13.2 Å². The summed E-state index contributed by atoms with van der Waals surface area (Å²) in [6, 6.07) is 11.9. The predicted molar refractivity (Wildman–Crippen MR) is 83.0 cm³/mol. The zero-order valence-electron chi connectivity index (χ0n) is 12.6. The van der Waals surface area contributed by atoms with Crippen molar-refractivity contribution in [3.8, 4) is 11.5 Å². The molecule has 6 nitrogen and oxygen atoms in total. The van der Waals surface area contributed by atoms with E-state index in [2.05, 4.69) is 0 Å². The van der Waals surface area contributed by atoms with Gasteiger partial charge in [-0.15, -0.1) is 0 Å². The lowest BCUT2D eigenvalue weighted by Crippen LogP contribution is -2.29. The van der Waals surface area contributed by atoms with Gasteiger partial charge in [-0.05, 0) is 17.7 Å². The van der Waals surface area contributed by atoms with Gasteiger partial charge >= 0.3 is 0 Å². The number of ether oxygens (including phenoxy) is 2. The molecule has 0 fully saturated rings. The highest BCUT2D eigenvalue weighted by molar-refractivity contribution is 7.90. The van der Waals surface area contributed by atoms with Crippen LogP contribution >= 0.6 is 0 Å². The van der Waals surface area contributed by atoms with Crippen LogP contribution in [0.1, 0.15) is 15.9 Å². The summed E-state index contributed by atoms with van der Waals surface area (Å²) >= 11 is 0. The fraction of sp³-hybridized carbons (Fsp3) is 0.188. The van der Waals surface area contributed by atoms with Crippen molar-refractivity contribution in [2.75, 3.05) is 14.2 Å². The summed E-state index contributed by atoms with van der Waals surface area (Å²) in [6.45, 7) is -0.0387. The molecular weight excluding hydrogens is 318 g/mol. The highest BCUT2D eigenvalue weighted by atomic mass is 32.2. The number of hydrogen-bond acceptors (Lipinski definition) is 5. The maximum atomic E-state index is 12.8. The minimum absolute atomic E-state index is 0.0165. The Morgan fingerprint density at radius 1 is 0.957 bits per heavy atom. The van der Waals surface area contributed by atoms with Gasteiger partial charge in [0.1, 0.15) is 22.0 Å². The highest BCUT2D eigenvalue weighted by Gasteiger charge is 2.45. The van der Waals surface area contributed by atoms with E-state index in [4.69, 9.17) is 9.47 Å². The minimum Gasteiger partial charge on any atom is -0.496 e. The molecule has 2 aromatic rings. The van der Waals surface area contributed by atoms with Crippen molar-refractivity contribution in [3.63, 3.8) is 0 Å². The highest BCUT2D eigenvalue weighted by Crippen LogP contribution is 2.42. The van der Waals surface area contributed by atoms with Gasteiger partial charge in [0, 0.05) is 0 Å². The van der Waals surface area contributed by atoms with E-state index in [1.807, 2.05) is 6.07 Å². The summed E-state index contributed by atoms with van der Waals surface area (Å²) in [5.74, 6) is -0.269. The van der Waals surface area contributed by atoms with Crippen LogP contribution in [0.5, 0.6) is 11.5 Å². The van der Waals surface area contributed by atoms with Crippen molar-refractivity contribution >= 4 is 15.9 Å². The Morgan fingerprint density at radius 2 is 1.57 bits per heavy atom. The molecule has 1 amide bonds. The zero-order chi connectivity index (χ0) is 16.6. The van der Waals surface area contributed by atoms with Gasteiger partial charge in [0.05, 0.1) is 20.8 Å². The van der Waals surface area contributed by atoms with Gasteiger partial charge in [-0.2, -0.15) is 0 Å². The van der Waals surface area contributed by atoms with Gasteiger partial charge in [-0.25, -0.2) is 12.7 Å². The fourth-order valence-electron chi connectivity index (χ4n) is 2.59. The van der Waals surface area contributed by atoms with Crippen LogP contribution in [0.25, 0.3) is 0 Å². The number of methoxy groups -OCH3 is 2. The molecule has 0 saturated carbocycles. The fourth-order valence-corrected chi connectivity index (χ4v) is 4.29. The maximum Gasteiger partial charge on any atom is 0.273 e. The van der Waals surface area contributed by atoms with Crippen LogP contribution in [0.3, 0.4) is 0 Å². The Balaban J connectivity index is 2.15. The van der Waals surface area contributed by atoms with E-state index >= 15 is 0 Å². The number of fused-ring (bicyclic) bond motifs is 1. The summed E-state index contributed by atoms with van der Waals surface area (Å²) in [6.07, 6.45) is 0. The molecule has 2 aromatic carbocycles. The summed E-state index contributed by atoms with van der Waals surface area (Å²) in [5.41, 5.74) is 0.734. The largest absolute Gasteiger partial charge is 0.496 e. The standard InChI is InChI=1S/C16H15NO5S/c1-21-12-8-9-13(22-2)15-14(12)16(18)17(23(15,19)20)10-11-6-4-3-5-7-11/h3-9H,10H2,1-2H3. The normalized spacial score (nSPS) is 15.4. The van der Waals surface area contributed by atoms with Gasteiger partial charge < -0.3 is 9.47 Å². The Kier molecular flexibility index (Phi) is 3.73. The molecule has 3 rings (SSSR count). The molecule has 0 unspecified atom stereocenters. The first-order valence-corrected chi connectivity index (χ1v) is 8.30. The lowest BCUT2D eigenvalue weighted by atomic mass is 10.1. The van der Waals surface area contributed by atoms with E-state index in [1.165, 1.54) is 26.4 Å². The van der Waals surface area contributed by atoms with Crippen molar-refractivity contribution in [1.29, 1.82) is 0 Å². The Bertz CT molecular complexity index is 862. The first-order chi connectivity index (χ1) is 11.0. The third-order valence-corrected chi connectivity index (χ3v) is 5.48. The molecule has 1 aliphatic rings. The predicted octanol–water partition coefficient (Wildman–Crippen LogP) is 2.05. The number of benzene rings is 2. The first kappa shape index (κ1) is 15.4. The lowest BCUT2D eigenvalue weighted by Gasteiger charge is -2.15. The molecular formula is C16H15NO5S. The summed E-state index contributed by atoms with van der Waals surface area (Å²) in [5, 5.41) is 0. The van der Waals surface area contributed by atoms with Gasteiger partial charge in [-0.3, -0.25) is 4.79 Å². The van der Waals surface area contributed by atoms with E-state index in [0.29, 0.717) is 0 Å². The smallest absolute Gasteiger partial charge is 0.273 e. The Labute approximate surface area is 134 Å². The minimum atomic E-state index is -3.99. The molecule has 1 heterocycles. The summed E-state index contributed by atoms with van der Waals surface area (Å²) in [4.78, 5) is 12.5. The van der Waals surface area contributed by atoms with Crippen molar-refractivity contribution in [1.82, 2.24) is 4.31 Å². The number of hydrogen-bond donors (Lipinski definition) is 0. The van der Waals surface area contributed by atoms with Gasteiger partial charge in [0.2, 0.25) is 0 Å². The molecule has 7 heteroatoms. The van der Waals surface area contributed by atoms with E-state index in [-0.39, 0.29) is 28.5 Å². The molecule has 0 aromatic heterocycles. The van der Waals surface area contributed by atoms with Gasteiger partial charge in [0.25, 0.3) is 15.9 Å². The quantitative estimate of drug-likeness (QED) is 0.856. The second-order valence-corrected chi connectivity index (χ2v) is 6.78. The Hall–Kier alpha value is -2.54. The lowest BCUT2D eigenvalue weighted by molar-refractivity contribution is 0.0861. The first-order valence-electron chi connectivity index (χ1n) is 6.86. The maximum absolute atomic E-state index is 12.8. The monoisotopic (exact) mass is 333 g/mol. The van der Waals surface area contributed by atoms with Gasteiger partial charge in [-0.1, -0.05) is 30.3 Å². The van der Waals surface area contributed by atoms with E-state index in [0.717, 1.165) is 9.87 Å². The number of carbonyl (C=O) groups excluding carboxylic acids is 1. The SMILES string of the molecule is COc1ccc(OC)c2c1C(=O)N(Cc1ccccc1)S2(=O)=O. The van der Waals surface area contributed by atoms with Gasteiger partial charge in [0.15, 0.2) is 0 Å². The van der Waals surface area contributed by atoms with Crippen LogP contribution in [-0.4, -0.2) is 32.8 Å². The average molecular weight is 333 g/mol. The van der Waals surface area contributed by atoms with Crippen molar-refractivity contribution in [2.24, 2.45) is 0 Å². The van der Waals surface area contributed by atoms with Crippen LogP contribution in [-0.2, 0) is 16.6 Å². The summed E-state index contributed by atoms with van der Waals surface area (Å²) < 4.78 is 36.8. The van der Waals surface area contributed by atoms with Crippen molar-refractivity contribution in [3.05, 3.63) is 53.6 Å². The molecule has 0 bridgehead atoms. The van der Waals surface area contributed by atoms with Crippen molar-refractivity contribution in [2.45, 2.75) is 11.4 Å². The van der Waals surface area contributed by atoms with Crippen LogP contribution in [0.2, 0.25) is 0 Å². The second-order valence-electron chi connectivity index (χ2n) is 4.98. The molecule has 0 spiro atoms. The number of nitrogens with zero attached hydrogens (tertiary/aromatic N) is 1. The average Bonchev–Trinajstić information content (AvgIpc) is 2.76. The third kappa shape index (κ3) is 2.33. The number of carbonyl (C=O) groups is 1. The number of sulfonamides is 1. The molecule has 0 N–H and O–H groups in total. The molecule has 0 atom stereocenters. The number of rotatable bonds is 4. The summed E-state index contributed by atoms with van der Waals surface area (Å²) in [7, 11) is -1.24. The Morgan fingerprint density at radius 3 is 2.17 bits per heavy atom. The zero-order valence-corrected chi connectivity index (χ0v) is 13.5. The van der Waals surface area contributed by atoms with E-state index in [1.54, 1.807) is 24.3 Å². The van der Waals surface area contributed by atoms with Crippen LogP contribution in [0.4, 0.5) is 0 Å².